The minimum atomic E-state index is -0.626. The van der Waals surface area contributed by atoms with Gasteiger partial charge in [-0.05, 0) is 29.5 Å². The van der Waals surface area contributed by atoms with Crippen LogP contribution in [0, 0.1) is 5.92 Å². The minimum Gasteiger partial charge on any atom is -0.387 e. The van der Waals surface area contributed by atoms with Gasteiger partial charge < -0.3 is 10.4 Å². The minimum absolute atomic E-state index is 0.0295. The summed E-state index contributed by atoms with van der Waals surface area (Å²) in [7, 11) is 0. The first-order valence-corrected chi connectivity index (χ1v) is 7.65. The van der Waals surface area contributed by atoms with Crippen LogP contribution in [-0.4, -0.2) is 41.1 Å². The van der Waals surface area contributed by atoms with Gasteiger partial charge in [-0.25, -0.2) is 0 Å². The van der Waals surface area contributed by atoms with Gasteiger partial charge in [-0.1, -0.05) is 39.8 Å². The lowest BCUT2D eigenvalue weighted by Crippen LogP contribution is -2.65. The molecule has 116 valence electrons. The average molecular weight is 290 g/mol. The number of carbonyl (C=O) groups excluding carboxylic acids is 1. The van der Waals surface area contributed by atoms with E-state index in [2.05, 4.69) is 19.2 Å². The van der Waals surface area contributed by atoms with Crippen molar-refractivity contribution in [3.8, 4) is 0 Å². The Kier molecular flexibility index (Phi) is 4.69. The molecule has 4 nitrogen and oxygen atoms in total. The molecule has 1 fully saturated rings. The zero-order valence-electron chi connectivity index (χ0n) is 13.4. The lowest BCUT2D eigenvalue weighted by Gasteiger charge is -2.48. The van der Waals surface area contributed by atoms with Gasteiger partial charge in [0.25, 0.3) is 0 Å². The molecule has 2 rings (SSSR count). The van der Waals surface area contributed by atoms with Crippen molar-refractivity contribution in [2.24, 2.45) is 5.92 Å². The molecule has 0 aliphatic carbocycles. The number of benzene rings is 1. The number of anilines is 1. The van der Waals surface area contributed by atoms with E-state index in [9.17, 15) is 9.90 Å². The number of nitrogens with zero attached hydrogens (tertiary/aromatic N) is 1. The molecule has 0 aromatic heterocycles. The number of likely N-dealkylation sites (tertiary alicyclic amines) is 1. The summed E-state index contributed by atoms with van der Waals surface area (Å²) >= 11 is 0. The van der Waals surface area contributed by atoms with Gasteiger partial charge in [0, 0.05) is 18.8 Å². The number of hydrogen-bond acceptors (Lipinski definition) is 3. The second-order valence-corrected chi connectivity index (χ2v) is 6.73. The molecule has 1 saturated heterocycles. The van der Waals surface area contributed by atoms with Crippen molar-refractivity contribution in [3.05, 3.63) is 29.8 Å². The molecule has 0 spiro atoms. The van der Waals surface area contributed by atoms with Crippen LogP contribution in [0.25, 0.3) is 0 Å². The molecule has 1 heterocycles. The quantitative estimate of drug-likeness (QED) is 0.876. The average Bonchev–Trinajstić information content (AvgIpc) is 2.37. The number of aliphatic hydroxyl groups is 1. The third-order valence-corrected chi connectivity index (χ3v) is 4.30. The smallest absolute Gasteiger partial charge is 0.238 e. The number of amides is 1. The van der Waals surface area contributed by atoms with Crippen molar-refractivity contribution >= 4 is 11.6 Å². The maximum Gasteiger partial charge on any atom is 0.238 e. The van der Waals surface area contributed by atoms with E-state index in [1.807, 2.05) is 43.0 Å². The molecule has 0 bridgehead atoms. The van der Waals surface area contributed by atoms with Crippen molar-refractivity contribution < 1.29 is 9.90 Å². The monoisotopic (exact) mass is 290 g/mol. The second kappa shape index (κ2) is 6.16. The Morgan fingerprint density at radius 3 is 2.29 bits per heavy atom. The third kappa shape index (κ3) is 3.83. The zero-order chi connectivity index (χ0) is 15.6. The molecule has 1 aliphatic heterocycles. The van der Waals surface area contributed by atoms with Crippen LogP contribution in [0.1, 0.15) is 39.2 Å². The van der Waals surface area contributed by atoms with Gasteiger partial charge >= 0.3 is 0 Å². The summed E-state index contributed by atoms with van der Waals surface area (Å²) in [6, 6.07) is 7.96. The van der Waals surface area contributed by atoms with Crippen molar-refractivity contribution in [2.75, 3.05) is 25.0 Å². The van der Waals surface area contributed by atoms with E-state index in [4.69, 9.17) is 0 Å². The number of carbonyl (C=O) groups is 1. The summed E-state index contributed by atoms with van der Waals surface area (Å²) < 4.78 is 0. The van der Waals surface area contributed by atoms with Gasteiger partial charge in [0.05, 0.1) is 12.1 Å². The number of hydrogen-bond donors (Lipinski definition) is 2. The van der Waals surface area contributed by atoms with Gasteiger partial charge in [0.1, 0.15) is 0 Å². The molecule has 1 amide bonds. The molecule has 0 unspecified atom stereocenters. The van der Waals surface area contributed by atoms with E-state index >= 15 is 0 Å². The Labute approximate surface area is 127 Å². The Morgan fingerprint density at radius 1 is 1.24 bits per heavy atom. The topological polar surface area (TPSA) is 52.6 Å². The lowest BCUT2D eigenvalue weighted by atomic mass is 9.83. The Bertz CT molecular complexity index is 488. The summed E-state index contributed by atoms with van der Waals surface area (Å²) in [6.07, 6.45) is 0. The normalized spacial score (nSPS) is 17.9. The first-order valence-electron chi connectivity index (χ1n) is 7.65. The molecule has 21 heavy (non-hydrogen) atoms. The molecule has 0 saturated carbocycles. The van der Waals surface area contributed by atoms with E-state index in [0.717, 1.165) is 5.69 Å². The highest BCUT2D eigenvalue weighted by molar-refractivity contribution is 5.92. The van der Waals surface area contributed by atoms with Crippen LogP contribution in [-0.2, 0) is 4.79 Å². The summed E-state index contributed by atoms with van der Waals surface area (Å²) in [4.78, 5) is 14.0. The molecule has 1 aliphatic rings. The SMILES string of the molecule is CC(C)c1ccc(NC(=O)CN2CC(O)(C(C)C)C2)cc1. The van der Waals surface area contributed by atoms with Crippen LogP contribution in [0.3, 0.4) is 0 Å². The Morgan fingerprint density at radius 2 is 1.81 bits per heavy atom. The van der Waals surface area contributed by atoms with Crippen LogP contribution in [0.15, 0.2) is 24.3 Å². The number of rotatable bonds is 5. The molecule has 1 aromatic carbocycles. The van der Waals surface area contributed by atoms with Gasteiger partial charge in [-0.2, -0.15) is 0 Å². The van der Waals surface area contributed by atoms with Gasteiger partial charge in [-0.3, -0.25) is 9.69 Å². The standard InChI is InChI=1S/C17H26N2O2/c1-12(2)14-5-7-15(8-6-14)18-16(20)9-19-10-17(21,11-19)13(3)4/h5-8,12-13,21H,9-11H2,1-4H3,(H,18,20). The molecule has 2 N–H and O–H groups in total. The summed E-state index contributed by atoms with van der Waals surface area (Å²) in [5.41, 5.74) is 1.46. The van der Waals surface area contributed by atoms with E-state index in [1.165, 1.54) is 5.56 Å². The third-order valence-electron chi connectivity index (χ3n) is 4.30. The highest BCUT2D eigenvalue weighted by Crippen LogP contribution is 2.28. The number of β-amino-alcohol motifs (C(OH)–C–C–N with tert-alkyl or cyclic N) is 1. The van der Waals surface area contributed by atoms with Crippen LogP contribution in [0.2, 0.25) is 0 Å². The molecular weight excluding hydrogens is 264 g/mol. The van der Waals surface area contributed by atoms with E-state index in [-0.39, 0.29) is 11.8 Å². The van der Waals surface area contributed by atoms with E-state index in [0.29, 0.717) is 25.6 Å². The van der Waals surface area contributed by atoms with Crippen molar-refractivity contribution in [1.29, 1.82) is 0 Å². The van der Waals surface area contributed by atoms with Crippen LogP contribution in [0.5, 0.6) is 0 Å². The summed E-state index contributed by atoms with van der Waals surface area (Å²) in [6.45, 7) is 9.79. The van der Waals surface area contributed by atoms with Crippen LogP contribution >= 0.6 is 0 Å². The fourth-order valence-corrected chi connectivity index (χ4v) is 2.56. The van der Waals surface area contributed by atoms with Gasteiger partial charge in [0.15, 0.2) is 0 Å². The van der Waals surface area contributed by atoms with Crippen molar-refractivity contribution in [2.45, 2.75) is 39.2 Å². The molecule has 4 heteroatoms. The van der Waals surface area contributed by atoms with E-state index in [1.54, 1.807) is 0 Å². The van der Waals surface area contributed by atoms with Crippen LogP contribution in [0.4, 0.5) is 5.69 Å². The fourth-order valence-electron chi connectivity index (χ4n) is 2.56. The molecule has 0 atom stereocenters. The van der Waals surface area contributed by atoms with Gasteiger partial charge in [-0.15, -0.1) is 0 Å². The summed E-state index contributed by atoms with van der Waals surface area (Å²) in [5.74, 6) is 0.683. The van der Waals surface area contributed by atoms with Gasteiger partial charge in [0.2, 0.25) is 5.91 Å². The highest BCUT2D eigenvalue weighted by atomic mass is 16.3. The highest BCUT2D eigenvalue weighted by Gasteiger charge is 2.43. The predicted octanol–water partition coefficient (Wildman–Crippen LogP) is 2.45. The lowest BCUT2D eigenvalue weighted by molar-refractivity contribution is -0.139. The first kappa shape index (κ1) is 16.0. The Balaban J connectivity index is 1.81. The first-order chi connectivity index (χ1) is 9.80. The van der Waals surface area contributed by atoms with E-state index < -0.39 is 5.60 Å². The largest absolute Gasteiger partial charge is 0.387 e. The van der Waals surface area contributed by atoms with Crippen LogP contribution < -0.4 is 5.32 Å². The maximum absolute atomic E-state index is 12.0. The maximum atomic E-state index is 12.0. The molecule has 1 aromatic rings. The summed E-state index contributed by atoms with van der Waals surface area (Å²) in [5, 5.41) is 13.1. The molecular formula is C17H26N2O2. The fraction of sp³-hybridized carbons (Fsp3) is 0.588. The zero-order valence-corrected chi connectivity index (χ0v) is 13.4. The Hall–Kier alpha value is -1.39. The number of nitrogens with one attached hydrogen (secondary N) is 1. The predicted molar refractivity (Wildman–Crippen MR) is 85.4 cm³/mol. The molecule has 0 radical (unpaired) electrons. The van der Waals surface area contributed by atoms with Crippen molar-refractivity contribution in [1.82, 2.24) is 4.90 Å². The van der Waals surface area contributed by atoms with Crippen molar-refractivity contribution in [3.63, 3.8) is 0 Å². The second-order valence-electron chi connectivity index (χ2n) is 6.73.